The van der Waals surface area contributed by atoms with E-state index in [1.165, 1.54) is 11.1 Å². The molecule has 0 saturated carbocycles. The van der Waals surface area contributed by atoms with Crippen LogP contribution in [0, 0.1) is 0 Å². The molecule has 0 atom stereocenters. The normalized spacial score (nSPS) is 5.80. The largest absolute Gasteiger partial charge is 0.100 e. The Morgan fingerprint density at radius 3 is 0.700 bits per heavy atom. The SMILES string of the molecule is C=C(C)C.C=C(C)C.CC. The van der Waals surface area contributed by atoms with Crippen LogP contribution in [0.25, 0.3) is 0 Å². The first-order valence-electron chi connectivity index (χ1n) is 3.71. The van der Waals surface area contributed by atoms with Crippen molar-refractivity contribution in [3.63, 3.8) is 0 Å². The van der Waals surface area contributed by atoms with Gasteiger partial charge in [0.1, 0.15) is 0 Å². The third kappa shape index (κ3) is 1160. The average Bonchev–Trinajstić information content (AvgIpc) is 1.66. The van der Waals surface area contributed by atoms with Gasteiger partial charge in [0.15, 0.2) is 0 Å². The van der Waals surface area contributed by atoms with Gasteiger partial charge in [-0.3, -0.25) is 0 Å². The zero-order chi connectivity index (χ0) is 9.15. The molecule has 0 spiro atoms. The Morgan fingerprint density at radius 2 is 0.700 bits per heavy atom. The highest BCUT2D eigenvalue weighted by Gasteiger charge is 1.52. The molecule has 0 amide bonds. The van der Waals surface area contributed by atoms with Gasteiger partial charge in [-0.05, 0) is 27.7 Å². The first-order valence-corrected chi connectivity index (χ1v) is 3.71. The van der Waals surface area contributed by atoms with Gasteiger partial charge in [-0.25, -0.2) is 0 Å². The lowest BCUT2D eigenvalue weighted by Crippen LogP contribution is -1.43. The van der Waals surface area contributed by atoms with Crippen LogP contribution in [-0.4, -0.2) is 0 Å². The predicted molar refractivity (Wildman–Crippen MR) is 52.3 cm³/mol. The molecule has 0 unspecified atom stereocenters. The smallest absolute Gasteiger partial charge is 0.0445 e. The van der Waals surface area contributed by atoms with Crippen LogP contribution < -0.4 is 0 Å². The molecular formula is C10H22. The predicted octanol–water partition coefficient (Wildman–Crippen LogP) is 4.19. The van der Waals surface area contributed by atoms with Gasteiger partial charge >= 0.3 is 0 Å². The van der Waals surface area contributed by atoms with E-state index in [0.717, 1.165) is 0 Å². The summed E-state index contributed by atoms with van der Waals surface area (Å²) in [6.07, 6.45) is 0. The van der Waals surface area contributed by atoms with Crippen molar-refractivity contribution in [2.45, 2.75) is 41.5 Å². The molecule has 0 radical (unpaired) electrons. The molecule has 0 aromatic carbocycles. The van der Waals surface area contributed by atoms with Crippen molar-refractivity contribution >= 4 is 0 Å². The summed E-state index contributed by atoms with van der Waals surface area (Å²) in [7, 11) is 0. The molecule has 0 heteroatoms. The average molecular weight is 142 g/mol. The van der Waals surface area contributed by atoms with Crippen molar-refractivity contribution in [2.24, 2.45) is 0 Å². The number of hydrogen-bond donors (Lipinski definition) is 0. The maximum absolute atomic E-state index is 3.56. The highest BCUT2D eigenvalue weighted by Crippen LogP contribution is 1.74. The Kier molecular flexibility index (Phi) is 25.7. The summed E-state index contributed by atoms with van der Waals surface area (Å²) in [4.78, 5) is 0. The van der Waals surface area contributed by atoms with Gasteiger partial charge < -0.3 is 0 Å². The van der Waals surface area contributed by atoms with Crippen LogP contribution >= 0.6 is 0 Å². The molecule has 0 aliphatic heterocycles. The van der Waals surface area contributed by atoms with E-state index >= 15 is 0 Å². The summed E-state index contributed by atoms with van der Waals surface area (Å²) < 4.78 is 0. The van der Waals surface area contributed by atoms with E-state index in [-0.39, 0.29) is 0 Å². The maximum atomic E-state index is 3.56. The quantitative estimate of drug-likeness (QED) is 0.445. The topological polar surface area (TPSA) is 0 Å². The number of allylic oxidation sites excluding steroid dienone is 2. The lowest BCUT2D eigenvalue weighted by atomic mass is 10.4. The van der Waals surface area contributed by atoms with Gasteiger partial charge in [0.2, 0.25) is 0 Å². The maximum Gasteiger partial charge on any atom is -0.0445 e. The standard InChI is InChI=1S/2C4H8.C2H6/c2*1-4(2)3;1-2/h2*1H2,2-3H3;1-2H3. The van der Waals surface area contributed by atoms with E-state index in [1.807, 2.05) is 41.5 Å². The van der Waals surface area contributed by atoms with Crippen LogP contribution in [-0.2, 0) is 0 Å². The number of hydrogen-bond acceptors (Lipinski definition) is 0. The van der Waals surface area contributed by atoms with Gasteiger partial charge in [-0.1, -0.05) is 25.0 Å². The van der Waals surface area contributed by atoms with Crippen LogP contribution in [0.3, 0.4) is 0 Å². The summed E-state index contributed by atoms with van der Waals surface area (Å²) in [5.41, 5.74) is 2.33. The van der Waals surface area contributed by atoms with Crippen LogP contribution in [0.2, 0.25) is 0 Å². The second kappa shape index (κ2) is 15.8. The first-order chi connectivity index (χ1) is 4.46. The zero-order valence-electron chi connectivity index (χ0n) is 8.41. The zero-order valence-corrected chi connectivity index (χ0v) is 8.41. The van der Waals surface area contributed by atoms with E-state index in [9.17, 15) is 0 Å². The molecule has 0 rings (SSSR count). The second-order valence-electron chi connectivity index (χ2n) is 2.41. The Bertz CT molecular complexity index is 58.0. The van der Waals surface area contributed by atoms with E-state index in [0.29, 0.717) is 0 Å². The third-order valence-corrected chi connectivity index (χ3v) is 0. The van der Waals surface area contributed by atoms with Crippen LogP contribution in [0.1, 0.15) is 41.5 Å². The molecule has 0 bridgehead atoms. The van der Waals surface area contributed by atoms with E-state index in [2.05, 4.69) is 13.2 Å². The first kappa shape index (κ1) is 16.2. The highest BCUT2D eigenvalue weighted by molar-refractivity contribution is 4.79. The molecule has 62 valence electrons. The van der Waals surface area contributed by atoms with Crippen molar-refractivity contribution in [3.05, 3.63) is 24.3 Å². The molecule has 0 fully saturated rings. The Hall–Kier alpha value is -0.520. The lowest BCUT2D eigenvalue weighted by molar-refractivity contribution is 1.42. The van der Waals surface area contributed by atoms with E-state index in [4.69, 9.17) is 0 Å². The van der Waals surface area contributed by atoms with Gasteiger partial charge in [0.25, 0.3) is 0 Å². The van der Waals surface area contributed by atoms with Gasteiger partial charge in [-0.2, -0.15) is 0 Å². The fraction of sp³-hybridized carbons (Fsp3) is 0.600. The van der Waals surface area contributed by atoms with Crippen molar-refractivity contribution in [3.8, 4) is 0 Å². The third-order valence-electron chi connectivity index (χ3n) is 0. The molecular weight excluding hydrogens is 120 g/mol. The van der Waals surface area contributed by atoms with Crippen molar-refractivity contribution in [1.29, 1.82) is 0 Å². The number of rotatable bonds is 0. The minimum Gasteiger partial charge on any atom is -0.100 e. The molecule has 0 N–H and O–H groups in total. The van der Waals surface area contributed by atoms with Gasteiger partial charge in [0.05, 0.1) is 0 Å². The van der Waals surface area contributed by atoms with Crippen LogP contribution in [0.4, 0.5) is 0 Å². The molecule has 0 aromatic rings. The van der Waals surface area contributed by atoms with Crippen LogP contribution in [0.5, 0.6) is 0 Å². The monoisotopic (exact) mass is 142 g/mol. The highest BCUT2D eigenvalue weighted by atomic mass is 13.6. The molecule has 0 saturated heterocycles. The fourth-order valence-electron chi connectivity index (χ4n) is 0. The van der Waals surface area contributed by atoms with Gasteiger partial charge in [0, 0.05) is 0 Å². The summed E-state index contributed by atoms with van der Waals surface area (Å²) in [6, 6.07) is 0. The minimum atomic E-state index is 1.17. The summed E-state index contributed by atoms with van der Waals surface area (Å²) in [5, 5.41) is 0. The Balaban J connectivity index is -0.0000000787. The second-order valence-corrected chi connectivity index (χ2v) is 2.41. The van der Waals surface area contributed by atoms with Crippen molar-refractivity contribution in [2.75, 3.05) is 0 Å². The molecule has 0 aliphatic carbocycles. The van der Waals surface area contributed by atoms with Crippen molar-refractivity contribution < 1.29 is 0 Å². The van der Waals surface area contributed by atoms with E-state index < -0.39 is 0 Å². The summed E-state index contributed by atoms with van der Waals surface area (Å²) in [6.45, 7) is 19.0. The minimum absolute atomic E-state index is 1.17. The van der Waals surface area contributed by atoms with Crippen LogP contribution in [0.15, 0.2) is 24.3 Å². The Morgan fingerprint density at radius 1 is 0.700 bits per heavy atom. The summed E-state index contributed by atoms with van der Waals surface area (Å²) >= 11 is 0. The Labute approximate surface area is 66.7 Å². The van der Waals surface area contributed by atoms with Crippen molar-refractivity contribution in [1.82, 2.24) is 0 Å². The molecule has 0 heterocycles. The van der Waals surface area contributed by atoms with E-state index in [1.54, 1.807) is 0 Å². The summed E-state index contributed by atoms with van der Waals surface area (Å²) in [5.74, 6) is 0. The molecule has 0 aromatic heterocycles. The molecule has 0 nitrogen and oxygen atoms in total. The van der Waals surface area contributed by atoms with Gasteiger partial charge in [-0.15, -0.1) is 13.2 Å². The lowest BCUT2D eigenvalue weighted by Gasteiger charge is -1.65. The fourth-order valence-corrected chi connectivity index (χ4v) is 0. The molecule has 0 aliphatic rings. The molecule has 10 heavy (non-hydrogen) atoms.